The van der Waals surface area contributed by atoms with Crippen molar-refractivity contribution >= 4 is 17.3 Å². The molecule has 0 saturated carbocycles. The number of hydrogen-bond acceptors (Lipinski definition) is 1. The highest BCUT2D eigenvalue weighted by Gasteiger charge is 2.24. The van der Waals surface area contributed by atoms with Crippen molar-refractivity contribution in [2.75, 3.05) is 5.32 Å². The molecule has 1 rings (SSSR count). The maximum atomic E-state index is 5.88. The second-order valence-corrected chi connectivity index (χ2v) is 4.69. The van der Waals surface area contributed by atoms with Gasteiger partial charge < -0.3 is 5.32 Å². The van der Waals surface area contributed by atoms with Crippen molar-refractivity contribution in [3.8, 4) is 0 Å². The van der Waals surface area contributed by atoms with E-state index in [0.29, 0.717) is 0 Å². The fourth-order valence-corrected chi connectivity index (χ4v) is 2.08. The first-order valence-corrected chi connectivity index (χ1v) is 6.29. The quantitative estimate of drug-likeness (QED) is 0.667. The minimum absolute atomic E-state index is 0.0112. The van der Waals surface area contributed by atoms with E-state index >= 15 is 0 Å². The summed E-state index contributed by atoms with van der Waals surface area (Å²) in [6.07, 6.45) is 6.76. The van der Waals surface area contributed by atoms with Crippen LogP contribution in [0.2, 0.25) is 5.02 Å². The minimum Gasteiger partial charge on any atom is -0.379 e. The predicted octanol–water partition coefficient (Wildman–Crippen LogP) is 5.05. The molecule has 0 atom stereocenters. The Bertz CT molecular complexity index is 357. The van der Waals surface area contributed by atoms with Gasteiger partial charge in [-0.1, -0.05) is 30.7 Å². The Hall–Kier alpha value is -1.21. The average molecular weight is 250 g/mol. The zero-order chi connectivity index (χ0) is 12.7. The maximum absolute atomic E-state index is 5.88. The van der Waals surface area contributed by atoms with Crippen LogP contribution < -0.4 is 5.32 Å². The summed E-state index contributed by atoms with van der Waals surface area (Å²) in [7, 11) is 0. The van der Waals surface area contributed by atoms with Crippen LogP contribution in [0.15, 0.2) is 49.6 Å². The minimum atomic E-state index is 0.0112. The fraction of sp³-hybridized carbons (Fsp3) is 0.333. The summed E-state index contributed by atoms with van der Waals surface area (Å²) in [6.45, 7) is 9.85. The number of halogens is 1. The van der Waals surface area contributed by atoms with E-state index in [9.17, 15) is 0 Å². The third-order valence-corrected chi connectivity index (χ3v) is 3.25. The summed E-state index contributed by atoms with van der Waals surface area (Å²) in [5.74, 6) is 0. The first kappa shape index (κ1) is 13.9. The third kappa shape index (κ3) is 3.94. The van der Waals surface area contributed by atoms with E-state index in [0.717, 1.165) is 30.0 Å². The van der Waals surface area contributed by atoms with Crippen molar-refractivity contribution in [3.63, 3.8) is 0 Å². The SMILES string of the molecule is C=CCC(CC)(CC=C)Nc1ccc(Cl)cc1. The fourth-order valence-electron chi connectivity index (χ4n) is 1.95. The third-order valence-electron chi connectivity index (χ3n) is 3.00. The predicted molar refractivity (Wildman–Crippen MR) is 77.7 cm³/mol. The molecule has 0 radical (unpaired) electrons. The summed E-state index contributed by atoms with van der Waals surface area (Å²) in [5, 5.41) is 4.32. The molecule has 17 heavy (non-hydrogen) atoms. The second-order valence-electron chi connectivity index (χ2n) is 4.25. The number of hydrogen-bond donors (Lipinski definition) is 1. The molecule has 0 aliphatic carbocycles. The zero-order valence-corrected chi connectivity index (χ0v) is 11.1. The van der Waals surface area contributed by atoms with Crippen molar-refractivity contribution in [1.29, 1.82) is 0 Å². The largest absolute Gasteiger partial charge is 0.379 e. The lowest BCUT2D eigenvalue weighted by Gasteiger charge is -2.33. The van der Waals surface area contributed by atoms with Crippen LogP contribution in [0.3, 0.4) is 0 Å². The Labute approximate surface area is 109 Å². The molecule has 0 unspecified atom stereocenters. The van der Waals surface area contributed by atoms with E-state index < -0.39 is 0 Å². The highest BCUT2D eigenvalue weighted by atomic mass is 35.5. The van der Waals surface area contributed by atoms with Gasteiger partial charge in [-0.2, -0.15) is 0 Å². The molecule has 0 fully saturated rings. The molecule has 1 aromatic rings. The first-order valence-electron chi connectivity index (χ1n) is 5.91. The second kappa shape index (κ2) is 6.51. The van der Waals surface area contributed by atoms with Gasteiger partial charge in [-0.15, -0.1) is 13.2 Å². The molecule has 0 aliphatic rings. The van der Waals surface area contributed by atoms with Crippen molar-refractivity contribution < 1.29 is 0 Å². The van der Waals surface area contributed by atoms with E-state index in [-0.39, 0.29) is 5.54 Å². The normalized spacial score (nSPS) is 10.9. The summed E-state index contributed by atoms with van der Waals surface area (Å²) < 4.78 is 0. The van der Waals surface area contributed by atoms with Crippen LogP contribution in [0.1, 0.15) is 26.2 Å². The molecule has 0 aromatic heterocycles. The number of rotatable bonds is 7. The Morgan fingerprint density at radius 3 is 2.12 bits per heavy atom. The van der Waals surface area contributed by atoms with Crippen LogP contribution in [0.5, 0.6) is 0 Å². The Morgan fingerprint density at radius 1 is 1.18 bits per heavy atom. The van der Waals surface area contributed by atoms with Gasteiger partial charge in [-0.25, -0.2) is 0 Å². The van der Waals surface area contributed by atoms with Crippen LogP contribution >= 0.6 is 11.6 Å². The maximum Gasteiger partial charge on any atom is 0.0439 e. The van der Waals surface area contributed by atoms with E-state index in [2.05, 4.69) is 25.4 Å². The van der Waals surface area contributed by atoms with Crippen LogP contribution in [-0.4, -0.2) is 5.54 Å². The monoisotopic (exact) mass is 249 g/mol. The van der Waals surface area contributed by atoms with Crippen molar-refractivity contribution in [2.45, 2.75) is 31.7 Å². The number of nitrogens with one attached hydrogen (secondary N) is 1. The Balaban J connectivity index is 2.87. The van der Waals surface area contributed by atoms with Gasteiger partial charge in [0.2, 0.25) is 0 Å². The van der Waals surface area contributed by atoms with Gasteiger partial charge in [0.25, 0.3) is 0 Å². The first-order chi connectivity index (χ1) is 8.15. The zero-order valence-electron chi connectivity index (χ0n) is 10.4. The average Bonchev–Trinajstić information content (AvgIpc) is 2.33. The topological polar surface area (TPSA) is 12.0 Å². The van der Waals surface area contributed by atoms with Gasteiger partial charge in [0.1, 0.15) is 0 Å². The highest BCUT2D eigenvalue weighted by molar-refractivity contribution is 6.30. The van der Waals surface area contributed by atoms with Gasteiger partial charge >= 0.3 is 0 Å². The van der Waals surface area contributed by atoms with E-state index in [1.165, 1.54) is 0 Å². The van der Waals surface area contributed by atoms with Crippen LogP contribution in [0.25, 0.3) is 0 Å². The Kier molecular flexibility index (Phi) is 5.30. The summed E-state index contributed by atoms with van der Waals surface area (Å²) >= 11 is 5.88. The van der Waals surface area contributed by atoms with E-state index in [1.54, 1.807) is 0 Å². The van der Waals surface area contributed by atoms with E-state index in [1.807, 2.05) is 36.4 Å². The molecule has 92 valence electrons. The number of benzene rings is 1. The molecule has 2 heteroatoms. The lowest BCUT2D eigenvalue weighted by atomic mass is 9.88. The Morgan fingerprint density at radius 2 is 1.71 bits per heavy atom. The lowest BCUT2D eigenvalue weighted by Crippen LogP contribution is -2.36. The van der Waals surface area contributed by atoms with Gasteiger partial charge in [-0.05, 0) is 43.5 Å². The summed E-state index contributed by atoms with van der Waals surface area (Å²) in [4.78, 5) is 0. The molecule has 1 N–H and O–H groups in total. The number of anilines is 1. The molecule has 1 nitrogen and oxygen atoms in total. The summed E-state index contributed by atoms with van der Waals surface area (Å²) in [5.41, 5.74) is 1.09. The van der Waals surface area contributed by atoms with Crippen LogP contribution in [0, 0.1) is 0 Å². The summed E-state index contributed by atoms with van der Waals surface area (Å²) in [6, 6.07) is 7.79. The van der Waals surface area contributed by atoms with Gasteiger partial charge in [0, 0.05) is 16.2 Å². The highest BCUT2D eigenvalue weighted by Crippen LogP contribution is 2.27. The van der Waals surface area contributed by atoms with Crippen molar-refractivity contribution in [3.05, 3.63) is 54.6 Å². The molecule has 1 aromatic carbocycles. The molecule has 0 bridgehead atoms. The van der Waals surface area contributed by atoms with Crippen molar-refractivity contribution in [2.24, 2.45) is 0 Å². The van der Waals surface area contributed by atoms with Gasteiger partial charge in [0.15, 0.2) is 0 Å². The van der Waals surface area contributed by atoms with Crippen LogP contribution in [0.4, 0.5) is 5.69 Å². The van der Waals surface area contributed by atoms with Crippen molar-refractivity contribution in [1.82, 2.24) is 0 Å². The molecule has 0 saturated heterocycles. The molecule has 0 spiro atoms. The molecule has 0 heterocycles. The smallest absolute Gasteiger partial charge is 0.0439 e. The van der Waals surface area contributed by atoms with Gasteiger partial charge in [-0.3, -0.25) is 0 Å². The molecule has 0 aliphatic heterocycles. The molecular weight excluding hydrogens is 230 g/mol. The molecular formula is C15H20ClN. The lowest BCUT2D eigenvalue weighted by molar-refractivity contribution is 0.460. The van der Waals surface area contributed by atoms with Crippen LogP contribution in [-0.2, 0) is 0 Å². The van der Waals surface area contributed by atoms with Gasteiger partial charge in [0.05, 0.1) is 0 Å². The molecule has 0 amide bonds. The standard InChI is InChI=1S/C15H20ClN/c1-4-11-15(6-3,12-5-2)17-14-9-7-13(16)8-10-14/h4-5,7-10,17H,1-2,6,11-12H2,3H3. The van der Waals surface area contributed by atoms with E-state index in [4.69, 9.17) is 11.6 Å².